The van der Waals surface area contributed by atoms with E-state index in [9.17, 15) is 70.2 Å². The molecule has 0 saturated heterocycles. The molecule has 1 nitrogen and oxygen atoms in total. The Hall–Kier alpha value is -0.880. The van der Waals surface area contributed by atoms with Crippen molar-refractivity contribution in [2.24, 2.45) is 0 Å². The molecule has 19 heteroatoms. The molecule has 0 unspecified atom stereocenters. The molecule has 0 fully saturated rings. The maximum absolute atomic E-state index is 13.4. The number of ether oxygens (including phenoxy) is 1. The van der Waals surface area contributed by atoms with E-state index >= 15 is 0 Å². The molecule has 0 aromatic rings. The molecular weight excluding hydrogens is 600 g/mol. The molecule has 0 N–H and O–H groups in total. The SMILES string of the molecule is FC(F)=C(OC(=C(F)F)C(F)(F)C(F)(F)C(F)(F)Br)C(F)(F)C(F)(F)C(F)(F)Br. The summed E-state index contributed by atoms with van der Waals surface area (Å²) in [6.45, 7) is 0. The number of allylic oxidation sites excluding steroid dienone is 2. The lowest BCUT2D eigenvalue weighted by molar-refractivity contribution is -0.284. The van der Waals surface area contributed by atoms with Crippen molar-refractivity contribution in [3.05, 3.63) is 23.7 Å². The van der Waals surface area contributed by atoms with Crippen LogP contribution in [-0.4, -0.2) is 33.4 Å². The summed E-state index contributed by atoms with van der Waals surface area (Å²) in [5.74, 6) is -37.0. The van der Waals surface area contributed by atoms with E-state index in [1.54, 1.807) is 0 Å². The normalized spacial score (nSPS) is 14.6. The minimum absolute atomic E-state index is 0.626. The Bertz CT molecular complexity index is 619. The lowest BCUT2D eigenvalue weighted by atomic mass is 10.1. The van der Waals surface area contributed by atoms with Gasteiger partial charge in [-0.05, 0) is 31.9 Å². The number of hydrogen-bond acceptors (Lipinski definition) is 1. The minimum Gasteiger partial charge on any atom is -0.442 e. The van der Waals surface area contributed by atoms with Crippen LogP contribution in [0.2, 0.25) is 0 Å². The van der Waals surface area contributed by atoms with Crippen molar-refractivity contribution in [1.82, 2.24) is 0 Å². The van der Waals surface area contributed by atoms with Gasteiger partial charge in [-0.15, -0.1) is 0 Å². The first-order valence-electron chi connectivity index (χ1n) is 5.81. The van der Waals surface area contributed by atoms with Gasteiger partial charge >= 0.3 is 45.5 Å². The first-order chi connectivity index (χ1) is 12.4. The third kappa shape index (κ3) is 4.90. The molecule has 29 heavy (non-hydrogen) atoms. The van der Waals surface area contributed by atoms with Gasteiger partial charge in [0.2, 0.25) is 11.5 Å². The van der Waals surface area contributed by atoms with Crippen molar-refractivity contribution >= 4 is 31.9 Å². The van der Waals surface area contributed by atoms with Gasteiger partial charge in [-0.1, -0.05) is 0 Å². The Kier molecular flexibility index (Phi) is 7.75. The van der Waals surface area contributed by atoms with Crippen molar-refractivity contribution in [1.29, 1.82) is 0 Å². The van der Waals surface area contributed by atoms with Gasteiger partial charge in [-0.25, -0.2) is 0 Å². The predicted octanol–water partition coefficient (Wildman–Crippen LogP) is 7.74. The fourth-order valence-electron chi connectivity index (χ4n) is 1.19. The summed E-state index contributed by atoms with van der Waals surface area (Å²) >= 11 is 1.25. The van der Waals surface area contributed by atoms with Crippen LogP contribution >= 0.6 is 31.9 Å². The summed E-state index contributed by atoms with van der Waals surface area (Å²) in [5.41, 5.74) is 0. The molecule has 172 valence electrons. The summed E-state index contributed by atoms with van der Waals surface area (Å²) in [7, 11) is 0. The zero-order valence-electron chi connectivity index (χ0n) is 12.2. The smallest absolute Gasteiger partial charge is 0.389 e. The van der Waals surface area contributed by atoms with E-state index in [2.05, 4.69) is 4.74 Å². The molecule has 0 spiro atoms. The molecule has 0 aromatic carbocycles. The lowest BCUT2D eigenvalue weighted by Crippen LogP contribution is -2.55. The van der Waals surface area contributed by atoms with Crippen LogP contribution in [0.3, 0.4) is 0 Å². The zero-order valence-corrected chi connectivity index (χ0v) is 15.4. The Morgan fingerprint density at radius 2 is 0.690 bits per heavy atom. The van der Waals surface area contributed by atoms with Crippen molar-refractivity contribution < 1.29 is 75.0 Å². The minimum atomic E-state index is -7.11. The molecule has 0 saturated carbocycles. The summed E-state index contributed by atoms with van der Waals surface area (Å²) in [6, 6.07) is 0. The Morgan fingerprint density at radius 3 is 0.828 bits per heavy atom. The molecule has 0 rings (SSSR count). The van der Waals surface area contributed by atoms with Gasteiger partial charge < -0.3 is 4.74 Å². The Morgan fingerprint density at radius 1 is 0.483 bits per heavy atom. The van der Waals surface area contributed by atoms with Crippen LogP contribution < -0.4 is 0 Å². The van der Waals surface area contributed by atoms with Crippen molar-refractivity contribution in [2.45, 2.75) is 33.4 Å². The van der Waals surface area contributed by atoms with Gasteiger partial charge in [0.05, 0.1) is 0 Å². The first kappa shape index (κ1) is 28.1. The molecule has 0 aliphatic rings. The van der Waals surface area contributed by atoms with Crippen LogP contribution in [-0.2, 0) is 4.74 Å². The molecule has 0 heterocycles. The molecule has 0 aliphatic heterocycles. The van der Waals surface area contributed by atoms with E-state index in [0.29, 0.717) is 31.9 Å². The number of hydrogen-bond donors (Lipinski definition) is 0. The van der Waals surface area contributed by atoms with Crippen molar-refractivity contribution in [3.8, 4) is 0 Å². The van der Waals surface area contributed by atoms with E-state index in [4.69, 9.17) is 0 Å². The number of halogens is 18. The van der Waals surface area contributed by atoms with Crippen LogP contribution in [0.25, 0.3) is 0 Å². The highest BCUT2D eigenvalue weighted by Gasteiger charge is 2.77. The van der Waals surface area contributed by atoms with Crippen LogP contribution in [0.15, 0.2) is 23.7 Å². The second kappa shape index (κ2) is 7.99. The van der Waals surface area contributed by atoms with Crippen molar-refractivity contribution in [3.63, 3.8) is 0 Å². The Labute approximate surface area is 164 Å². The summed E-state index contributed by atoms with van der Waals surface area (Å²) in [4.78, 5) is -12.2. The monoisotopic (exact) mass is 598 g/mol. The maximum atomic E-state index is 13.4. The van der Waals surface area contributed by atoms with E-state index in [1.165, 1.54) is 0 Å². The average molecular weight is 600 g/mol. The molecule has 0 atom stereocenters. The highest BCUT2D eigenvalue weighted by Crippen LogP contribution is 2.56. The van der Waals surface area contributed by atoms with Gasteiger partial charge in [-0.2, -0.15) is 70.2 Å². The fourth-order valence-corrected chi connectivity index (χ4v) is 1.68. The molecule has 0 aromatic heterocycles. The highest BCUT2D eigenvalue weighted by molar-refractivity contribution is 9.10. The molecule has 0 aliphatic carbocycles. The van der Waals surface area contributed by atoms with Gasteiger partial charge in [0.1, 0.15) is 0 Å². The standard InChI is InChI=1S/C10Br2F16O/c11-9(25,26)7(21,22)5(17,18)1(3(13)14)29-2(4(15)16)6(19,20)8(23,24)10(12,27)28. The molecule has 0 bridgehead atoms. The quantitative estimate of drug-likeness (QED) is 0.158. The predicted molar refractivity (Wildman–Crippen MR) is 67.1 cm³/mol. The number of alkyl halides is 14. The molecule has 0 radical (unpaired) electrons. The summed E-state index contributed by atoms with van der Waals surface area (Å²) < 4.78 is 208. The second-order valence-electron chi connectivity index (χ2n) is 4.57. The lowest BCUT2D eigenvalue weighted by Gasteiger charge is -2.33. The fraction of sp³-hybridized carbons (Fsp3) is 0.600. The summed E-state index contributed by atoms with van der Waals surface area (Å²) in [5, 5.41) is 0. The Balaban J connectivity index is 6.67. The topological polar surface area (TPSA) is 9.23 Å². The van der Waals surface area contributed by atoms with Crippen LogP contribution in [0.4, 0.5) is 70.2 Å². The third-order valence-electron chi connectivity index (χ3n) is 2.62. The first-order valence-corrected chi connectivity index (χ1v) is 7.40. The molecule has 0 amide bonds. The van der Waals surface area contributed by atoms with Gasteiger partial charge in [0.15, 0.2) is 0 Å². The van der Waals surface area contributed by atoms with Gasteiger partial charge in [-0.3, -0.25) is 0 Å². The number of rotatable bonds is 8. The van der Waals surface area contributed by atoms with Gasteiger partial charge in [0, 0.05) is 0 Å². The third-order valence-corrected chi connectivity index (χ3v) is 3.61. The molecular formula is C10Br2F16O. The van der Waals surface area contributed by atoms with Gasteiger partial charge in [0.25, 0.3) is 0 Å². The van der Waals surface area contributed by atoms with Crippen LogP contribution in [0.5, 0.6) is 0 Å². The summed E-state index contributed by atoms with van der Waals surface area (Å²) in [6.07, 6.45) is -8.87. The second-order valence-corrected chi connectivity index (χ2v) is 6.57. The maximum Gasteiger partial charge on any atom is 0.389 e. The van der Waals surface area contributed by atoms with Crippen molar-refractivity contribution in [2.75, 3.05) is 0 Å². The highest BCUT2D eigenvalue weighted by atomic mass is 79.9. The average Bonchev–Trinajstić information content (AvgIpc) is 2.43. The van der Waals surface area contributed by atoms with E-state index < -0.39 is 57.0 Å². The van der Waals surface area contributed by atoms with E-state index in [-0.39, 0.29) is 0 Å². The zero-order chi connectivity index (χ0) is 24.0. The van der Waals surface area contributed by atoms with Crippen LogP contribution in [0, 0.1) is 0 Å². The van der Waals surface area contributed by atoms with E-state index in [0.717, 1.165) is 0 Å². The van der Waals surface area contributed by atoms with Crippen LogP contribution in [0.1, 0.15) is 0 Å². The largest absolute Gasteiger partial charge is 0.442 e. The van der Waals surface area contributed by atoms with E-state index in [1.807, 2.05) is 0 Å².